The molecule has 5 nitrogen and oxygen atoms in total. The summed E-state index contributed by atoms with van der Waals surface area (Å²) in [6, 6.07) is 0. The molecule has 94 valence electrons. The molecule has 0 aliphatic rings. The summed E-state index contributed by atoms with van der Waals surface area (Å²) in [6.45, 7) is 4.10. The third-order valence-corrected chi connectivity index (χ3v) is 2.05. The molecule has 1 atom stereocenters. The fraction of sp³-hybridized carbons (Fsp3) is 0.818. The lowest BCUT2D eigenvalue weighted by Gasteiger charge is -2.06. The number of unbranched alkanes of at least 4 members (excludes halogenated alkanes) is 2. The average Bonchev–Trinajstić information content (AvgIpc) is 2.19. The molecule has 0 aromatic rings. The summed E-state index contributed by atoms with van der Waals surface area (Å²) >= 11 is 0. The van der Waals surface area contributed by atoms with Gasteiger partial charge in [0.1, 0.15) is 0 Å². The highest BCUT2D eigenvalue weighted by Crippen LogP contribution is 1.98. The smallest absolute Gasteiger partial charge is 0.220 e. The first-order chi connectivity index (χ1) is 7.52. The van der Waals surface area contributed by atoms with E-state index in [1.165, 1.54) is 6.92 Å². The molecule has 0 aromatic carbocycles. The Bertz CT molecular complexity index is 217. The first kappa shape index (κ1) is 14.9. The molecule has 0 fully saturated rings. The Morgan fingerprint density at radius 2 is 1.88 bits per heavy atom. The van der Waals surface area contributed by atoms with Gasteiger partial charge in [-0.1, -0.05) is 6.42 Å². The summed E-state index contributed by atoms with van der Waals surface area (Å²) in [5.74, 6) is -0.0462. The molecule has 0 bridgehead atoms. The van der Waals surface area contributed by atoms with E-state index in [0.29, 0.717) is 19.5 Å². The lowest BCUT2D eigenvalue weighted by molar-refractivity contribution is -0.122. The van der Waals surface area contributed by atoms with Crippen molar-refractivity contribution in [2.45, 2.75) is 45.6 Å². The minimum atomic E-state index is -0.497. The molecule has 0 heterocycles. The maximum absolute atomic E-state index is 11.2. The third-order valence-electron chi connectivity index (χ3n) is 2.05. The van der Waals surface area contributed by atoms with Crippen molar-refractivity contribution in [2.75, 3.05) is 13.1 Å². The van der Waals surface area contributed by atoms with Crippen LogP contribution >= 0.6 is 0 Å². The number of aliphatic hydroxyl groups is 1. The van der Waals surface area contributed by atoms with Crippen LogP contribution in [0.4, 0.5) is 0 Å². The number of hydrogen-bond acceptors (Lipinski definition) is 3. The fourth-order valence-corrected chi connectivity index (χ4v) is 1.20. The molecule has 0 aromatic heterocycles. The predicted octanol–water partition coefficient (Wildman–Crippen LogP) is 0.180. The van der Waals surface area contributed by atoms with E-state index in [2.05, 4.69) is 10.6 Å². The zero-order chi connectivity index (χ0) is 12.4. The van der Waals surface area contributed by atoms with Gasteiger partial charge < -0.3 is 15.7 Å². The van der Waals surface area contributed by atoms with E-state index in [1.54, 1.807) is 6.92 Å². The van der Waals surface area contributed by atoms with Crippen molar-refractivity contribution in [3.8, 4) is 0 Å². The first-order valence-electron chi connectivity index (χ1n) is 5.71. The Morgan fingerprint density at radius 3 is 2.44 bits per heavy atom. The van der Waals surface area contributed by atoms with Crippen molar-refractivity contribution >= 4 is 11.8 Å². The van der Waals surface area contributed by atoms with Crippen LogP contribution in [-0.2, 0) is 9.59 Å². The summed E-state index contributed by atoms with van der Waals surface area (Å²) in [5.41, 5.74) is 0. The van der Waals surface area contributed by atoms with Crippen molar-refractivity contribution in [3.05, 3.63) is 0 Å². The van der Waals surface area contributed by atoms with E-state index in [9.17, 15) is 9.59 Å². The Hall–Kier alpha value is -1.10. The van der Waals surface area contributed by atoms with Crippen LogP contribution in [0.3, 0.4) is 0 Å². The molecule has 16 heavy (non-hydrogen) atoms. The molecule has 0 saturated heterocycles. The van der Waals surface area contributed by atoms with Gasteiger partial charge in [-0.05, 0) is 19.8 Å². The van der Waals surface area contributed by atoms with Crippen LogP contribution in [0, 0.1) is 0 Å². The standard InChI is InChI=1S/C11H22N2O3/c1-9(14)8-13-11(16)6-4-3-5-7-12-10(2)15/h9,14H,3-8H2,1-2H3,(H,12,15)(H,13,16). The molecule has 3 N–H and O–H groups in total. The molecule has 5 heteroatoms. The summed E-state index contributed by atoms with van der Waals surface area (Å²) < 4.78 is 0. The van der Waals surface area contributed by atoms with Crippen molar-refractivity contribution < 1.29 is 14.7 Å². The number of aliphatic hydroxyl groups excluding tert-OH is 1. The van der Waals surface area contributed by atoms with Crippen LogP contribution in [0.5, 0.6) is 0 Å². The lowest BCUT2D eigenvalue weighted by atomic mass is 10.2. The molecule has 0 radical (unpaired) electrons. The van der Waals surface area contributed by atoms with Gasteiger partial charge in [-0.2, -0.15) is 0 Å². The summed E-state index contributed by atoms with van der Waals surface area (Å²) in [7, 11) is 0. The van der Waals surface area contributed by atoms with Crippen molar-refractivity contribution in [3.63, 3.8) is 0 Å². The monoisotopic (exact) mass is 230 g/mol. The van der Waals surface area contributed by atoms with Crippen LogP contribution in [0.2, 0.25) is 0 Å². The third kappa shape index (κ3) is 11.0. The average molecular weight is 230 g/mol. The molecule has 1 unspecified atom stereocenters. The van der Waals surface area contributed by atoms with Gasteiger partial charge in [0.25, 0.3) is 0 Å². The molecule has 0 aliphatic heterocycles. The number of carbonyl (C=O) groups excluding carboxylic acids is 2. The first-order valence-corrected chi connectivity index (χ1v) is 5.71. The normalized spacial score (nSPS) is 11.9. The largest absolute Gasteiger partial charge is 0.392 e. The molecule has 0 aliphatic carbocycles. The number of rotatable bonds is 8. The molecule has 0 saturated carbocycles. The van der Waals surface area contributed by atoms with E-state index in [4.69, 9.17) is 5.11 Å². The number of carbonyl (C=O) groups is 2. The zero-order valence-corrected chi connectivity index (χ0v) is 10.1. The van der Waals surface area contributed by atoms with Crippen molar-refractivity contribution in [2.24, 2.45) is 0 Å². The molecular weight excluding hydrogens is 208 g/mol. The van der Waals surface area contributed by atoms with Gasteiger partial charge >= 0.3 is 0 Å². The molecule has 0 rings (SSSR count). The summed E-state index contributed by atoms with van der Waals surface area (Å²) in [6.07, 6.45) is 2.60. The van der Waals surface area contributed by atoms with Gasteiger partial charge in [-0.25, -0.2) is 0 Å². The molecular formula is C11H22N2O3. The fourth-order valence-electron chi connectivity index (χ4n) is 1.20. The highest BCUT2D eigenvalue weighted by molar-refractivity contribution is 5.75. The van der Waals surface area contributed by atoms with Crippen LogP contribution in [0.25, 0.3) is 0 Å². The highest BCUT2D eigenvalue weighted by Gasteiger charge is 2.02. The van der Waals surface area contributed by atoms with E-state index in [-0.39, 0.29) is 11.8 Å². The van der Waals surface area contributed by atoms with Crippen molar-refractivity contribution in [1.82, 2.24) is 10.6 Å². The minimum absolute atomic E-state index is 0.0188. The number of hydrogen-bond donors (Lipinski definition) is 3. The van der Waals surface area contributed by atoms with Gasteiger partial charge in [0, 0.05) is 26.4 Å². The Kier molecular flexibility index (Phi) is 8.52. The molecule has 0 spiro atoms. The second-order valence-electron chi connectivity index (χ2n) is 3.95. The van der Waals surface area contributed by atoms with Gasteiger partial charge in [-0.15, -0.1) is 0 Å². The van der Waals surface area contributed by atoms with Gasteiger partial charge in [0.2, 0.25) is 11.8 Å². The minimum Gasteiger partial charge on any atom is -0.392 e. The topological polar surface area (TPSA) is 78.4 Å². The van der Waals surface area contributed by atoms with E-state index in [0.717, 1.165) is 19.3 Å². The van der Waals surface area contributed by atoms with Crippen LogP contribution in [0.1, 0.15) is 39.5 Å². The Labute approximate surface area is 96.6 Å². The maximum atomic E-state index is 11.2. The van der Waals surface area contributed by atoms with Gasteiger partial charge in [0.15, 0.2) is 0 Å². The Balaban J connectivity index is 3.24. The Morgan fingerprint density at radius 1 is 1.19 bits per heavy atom. The number of amides is 2. The van der Waals surface area contributed by atoms with Crippen LogP contribution < -0.4 is 10.6 Å². The van der Waals surface area contributed by atoms with E-state index in [1.807, 2.05) is 0 Å². The summed E-state index contributed by atoms with van der Waals surface area (Å²) in [5, 5.41) is 14.3. The van der Waals surface area contributed by atoms with Gasteiger partial charge in [-0.3, -0.25) is 9.59 Å². The van der Waals surface area contributed by atoms with E-state index >= 15 is 0 Å². The van der Waals surface area contributed by atoms with Crippen molar-refractivity contribution in [1.29, 1.82) is 0 Å². The SMILES string of the molecule is CC(=O)NCCCCCC(=O)NCC(C)O. The second kappa shape index (κ2) is 9.15. The van der Waals surface area contributed by atoms with Gasteiger partial charge in [0.05, 0.1) is 6.10 Å². The lowest BCUT2D eigenvalue weighted by Crippen LogP contribution is -2.30. The van der Waals surface area contributed by atoms with E-state index < -0.39 is 6.10 Å². The second-order valence-corrected chi connectivity index (χ2v) is 3.95. The quantitative estimate of drug-likeness (QED) is 0.520. The molecule has 2 amide bonds. The summed E-state index contributed by atoms with van der Waals surface area (Å²) in [4.78, 5) is 21.7. The maximum Gasteiger partial charge on any atom is 0.220 e. The van der Waals surface area contributed by atoms with Crippen LogP contribution in [0.15, 0.2) is 0 Å². The number of nitrogens with one attached hydrogen (secondary N) is 2. The predicted molar refractivity (Wildman–Crippen MR) is 61.8 cm³/mol. The zero-order valence-electron chi connectivity index (χ0n) is 10.1. The van der Waals surface area contributed by atoms with Crippen LogP contribution in [-0.4, -0.2) is 36.1 Å². The highest BCUT2D eigenvalue weighted by atomic mass is 16.3.